The van der Waals surface area contributed by atoms with Crippen LogP contribution in [0.4, 0.5) is 5.69 Å². The van der Waals surface area contributed by atoms with Crippen LogP contribution in [-0.2, 0) is 4.79 Å². The van der Waals surface area contributed by atoms with Gasteiger partial charge in [-0.05, 0) is 52.7 Å². The number of rotatable bonds is 4. The van der Waals surface area contributed by atoms with Gasteiger partial charge in [-0.3, -0.25) is 4.79 Å². The fraction of sp³-hybridized carbons (Fsp3) is 0.188. The summed E-state index contributed by atoms with van der Waals surface area (Å²) in [5.74, 6) is 1.63. The molecule has 6 heteroatoms. The Morgan fingerprint density at radius 2 is 2.05 bits per heavy atom. The number of amides is 1. The summed E-state index contributed by atoms with van der Waals surface area (Å²) in [6, 6.07) is 10.9. The molecule has 0 atom stereocenters. The van der Waals surface area contributed by atoms with Crippen molar-refractivity contribution >= 4 is 27.5 Å². The minimum absolute atomic E-state index is 0.0834. The maximum Gasteiger partial charge on any atom is 0.262 e. The van der Waals surface area contributed by atoms with Gasteiger partial charge < -0.3 is 19.5 Å². The number of hydrogen-bond donors (Lipinski definition) is 1. The second-order valence-electron chi connectivity index (χ2n) is 4.84. The van der Waals surface area contributed by atoms with E-state index in [-0.39, 0.29) is 19.3 Å². The molecule has 2 aromatic rings. The van der Waals surface area contributed by atoms with Crippen LogP contribution in [0.25, 0.3) is 0 Å². The largest absolute Gasteiger partial charge is 0.484 e. The van der Waals surface area contributed by atoms with Crippen LogP contribution in [-0.4, -0.2) is 19.3 Å². The van der Waals surface area contributed by atoms with E-state index in [2.05, 4.69) is 21.2 Å². The molecular weight excluding hydrogens is 350 g/mol. The van der Waals surface area contributed by atoms with Crippen molar-refractivity contribution in [3.63, 3.8) is 0 Å². The first-order chi connectivity index (χ1) is 10.6. The van der Waals surface area contributed by atoms with Gasteiger partial charge >= 0.3 is 0 Å². The number of carbonyl (C=O) groups is 1. The fourth-order valence-corrected chi connectivity index (χ4v) is 2.62. The Labute approximate surface area is 136 Å². The van der Waals surface area contributed by atoms with E-state index < -0.39 is 0 Å². The van der Waals surface area contributed by atoms with Gasteiger partial charge in [0.15, 0.2) is 18.1 Å². The number of nitrogens with one attached hydrogen (secondary N) is 1. The number of aryl methyl sites for hydroxylation is 1. The van der Waals surface area contributed by atoms with E-state index in [9.17, 15) is 4.79 Å². The molecule has 2 aromatic carbocycles. The molecule has 0 saturated heterocycles. The minimum atomic E-state index is -0.234. The van der Waals surface area contributed by atoms with Crippen LogP contribution in [0.2, 0.25) is 0 Å². The first-order valence-corrected chi connectivity index (χ1v) is 7.49. The average Bonchev–Trinajstić information content (AvgIpc) is 2.95. The van der Waals surface area contributed by atoms with Crippen molar-refractivity contribution in [1.29, 1.82) is 0 Å². The van der Waals surface area contributed by atoms with Crippen LogP contribution in [0, 0.1) is 6.92 Å². The van der Waals surface area contributed by atoms with Crippen LogP contribution in [0.1, 0.15) is 5.56 Å². The molecule has 0 spiro atoms. The Bertz CT molecular complexity index is 717. The molecular formula is C16H14BrNO4. The normalized spacial score (nSPS) is 12.1. The zero-order valence-corrected chi connectivity index (χ0v) is 13.5. The summed E-state index contributed by atoms with van der Waals surface area (Å²) in [4.78, 5) is 11.9. The Hall–Kier alpha value is -2.21. The molecule has 5 nitrogen and oxygen atoms in total. The molecule has 0 bridgehead atoms. The van der Waals surface area contributed by atoms with Gasteiger partial charge in [0.1, 0.15) is 5.75 Å². The van der Waals surface area contributed by atoms with Crippen LogP contribution in [0.5, 0.6) is 17.2 Å². The van der Waals surface area contributed by atoms with Crippen molar-refractivity contribution in [2.75, 3.05) is 18.7 Å². The van der Waals surface area contributed by atoms with E-state index in [0.29, 0.717) is 22.9 Å². The van der Waals surface area contributed by atoms with Crippen molar-refractivity contribution in [2.24, 2.45) is 0 Å². The predicted octanol–water partition coefficient (Wildman–Crippen LogP) is 3.50. The van der Waals surface area contributed by atoms with Gasteiger partial charge in [0.2, 0.25) is 6.79 Å². The summed E-state index contributed by atoms with van der Waals surface area (Å²) in [5.41, 5.74) is 1.83. The van der Waals surface area contributed by atoms with E-state index in [1.807, 2.05) is 25.1 Å². The van der Waals surface area contributed by atoms with Crippen molar-refractivity contribution in [3.8, 4) is 17.2 Å². The molecule has 1 N–H and O–H groups in total. The highest BCUT2D eigenvalue weighted by Crippen LogP contribution is 2.35. The number of halogens is 1. The van der Waals surface area contributed by atoms with E-state index in [1.165, 1.54) is 0 Å². The summed E-state index contributed by atoms with van der Waals surface area (Å²) >= 11 is 3.42. The Kier molecular flexibility index (Phi) is 4.20. The van der Waals surface area contributed by atoms with Crippen LogP contribution in [0.15, 0.2) is 40.9 Å². The molecule has 114 valence electrons. The SMILES string of the molecule is Cc1ccc(NC(=O)COc2ccc3c(c2)OCO3)c(Br)c1. The van der Waals surface area contributed by atoms with Gasteiger partial charge in [-0.1, -0.05) is 6.07 Å². The van der Waals surface area contributed by atoms with Gasteiger partial charge in [0.25, 0.3) is 5.91 Å². The molecule has 0 saturated carbocycles. The molecule has 22 heavy (non-hydrogen) atoms. The summed E-state index contributed by atoms with van der Waals surface area (Å²) in [6.45, 7) is 2.11. The molecule has 1 aliphatic rings. The lowest BCUT2D eigenvalue weighted by molar-refractivity contribution is -0.118. The lowest BCUT2D eigenvalue weighted by Crippen LogP contribution is -2.20. The summed E-state index contributed by atoms with van der Waals surface area (Å²) in [7, 11) is 0. The number of benzene rings is 2. The predicted molar refractivity (Wildman–Crippen MR) is 85.6 cm³/mol. The standard InChI is InChI=1S/C16H14BrNO4/c1-10-2-4-13(12(17)6-10)18-16(19)8-20-11-3-5-14-15(7-11)22-9-21-14/h2-7H,8-9H2,1H3,(H,18,19). The highest BCUT2D eigenvalue weighted by atomic mass is 79.9. The summed E-state index contributed by atoms with van der Waals surface area (Å²) in [5, 5.41) is 2.79. The second-order valence-corrected chi connectivity index (χ2v) is 5.69. The number of ether oxygens (including phenoxy) is 3. The quantitative estimate of drug-likeness (QED) is 0.902. The van der Waals surface area contributed by atoms with Crippen molar-refractivity contribution in [3.05, 3.63) is 46.4 Å². The second kappa shape index (κ2) is 6.27. The highest BCUT2D eigenvalue weighted by Gasteiger charge is 2.14. The molecule has 1 amide bonds. The Balaban J connectivity index is 1.58. The topological polar surface area (TPSA) is 56.8 Å². The van der Waals surface area contributed by atoms with Crippen LogP contribution < -0.4 is 19.5 Å². The smallest absolute Gasteiger partial charge is 0.262 e. The number of carbonyl (C=O) groups excluding carboxylic acids is 1. The molecule has 0 aliphatic carbocycles. The Morgan fingerprint density at radius 1 is 1.23 bits per heavy atom. The zero-order valence-electron chi connectivity index (χ0n) is 11.9. The monoisotopic (exact) mass is 363 g/mol. The number of fused-ring (bicyclic) bond motifs is 1. The molecule has 0 radical (unpaired) electrons. The maximum absolute atomic E-state index is 11.9. The average molecular weight is 364 g/mol. The minimum Gasteiger partial charge on any atom is -0.484 e. The summed E-state index contributed by atoms with van der Waals surface area (Å²) in [6.07, 6.45) is 0. The Morgan fingerprint density at radius 3 is 2.86 bits per heavy atom. The molecule has 1 aliphatic heterocycles. The molecule has 0 unspecified atom stereocenters. The first kappa shape index (κ1) is 14.7. The first-order valence-electron chi connectivity index (χ1n) is 6.70. The molecule has 0 aromatic heterocycles. The third-order valence-corrected chi connectivity index (χ3v) is 3.77. The lowest BCUT2D eigenvalue weighted by Gasteiger charge is -2.09. The number of hydrogen-bond acceptors (Lipinski definition) is 4. The van der Waals surface area contributed by atoms with E-state index >= 15 is 0 Å². The van der Waals surface area contributed by atoms with Gasteiger partial charge in [-0.25, -0.2) is 0 Å². The lowest BCUT2D eigenvalue weighted by atomic mass is 10.2. The van der Waals surface area contributed by atoms with Gasteiger partial charge in [-0.2, -0.15) is 0 Å². The van der Waals surface area contributed by atoms with Crippen LogP contribution >= 0.6 is 15.9 Å². The third-order valence-electron chi connectivity index (χ3n) is 3.11. The summed E-state index contributed by atoms with van der Waals surface area (Å²) < 4.78 is 16.8. The van der Waals surface area contributed by atoms with E-state index in [0.717, 1.165) is 10.0 Å². The maximum atomic E-state index is 11.9. The van der Waals surface area contributed by atoms with Crippen LogP contribution in [0.3, 0.4) is 0 Å². The van der Waals surface area contributed by atoms with Crippen molar-refractivity contribution < 1.29 is 19.0 Å². The molecule has 1 heterocycles. The zero-order chi connectivity index (χ0) is 15.5. The highest BCUT2D eigenvalue weighted by molar-refractivity contribution is 9.10. The van der Waals surface area contributed by atoms with Crippen molar-refractivity contribution in [2.45, 2.75) is 6.92 Å². The van der Waals surface area contributed by atoms with Gasteiger partial charge in [0, 0.05) is 10.5 Å². The fourth-order valence-electron chi connectivity index (χ4n) is 2.02. The van der Waals surface area contributed by atoms with E-state index in [1.54, 1.807) is 18.2 Å². The van der Waals surface area contributed by atoms with Crippen molar-refractivity contribution in [1.82, 2.24) is 0 Å². The molecule has 3 rings (SSSR count). The van der Waals surface area contributed by atoms with E-state index in [4.69, 9.17) is 14.2 Å². The molecule has 0 fully saturated rings. The van der Waals surface area contributed by atoms with Gasteiger partial charge in [0.05, 0.1) is 5.69 Å². The number of anilines is 1. The third kappa shape index (κ3) is 3.33. The van der Waals surface area contributed by atoms with Gasteiger partial charge in [-0.15, -0.1) is 0 Å².